The second-order valence-corrected chi connectivity index (χ2v) is 4.07. The third kappa shape index (κ3) is 2.95. The lowest BCUT2D eigenvalue weighted by molar-refractivity contribution is 0.0497. The van der Waals surface area contributed by atoms with Crippen molar-refractivity contribution in [3.8, 4) is 0 Å². The molecule has 0 bridgehead atoms. The minimum atomic E-state index is -0.0203. The van der Waals surface area contributed by atoms with Crippen LogP contribution in [0.2, 0.25) is 0 Å². The van der Waals surface area contributed by atoms with E-state index in [2.05, 4.69) is 10.4 Å². The summed E-state index contributed by atoms with van der Waals surface area (Å²) in [5.41, 5.74) is 10.9. The molecular formula is C12H17N3O2. The molecule has 0 amide bonds. The Labute approximate surface area is 101 Å². The number of carbonyl (C=O) groups is 1. The van der Waals surface area contributed by atoms with Crippen LogP contribution >= 0.6 is 0 Å². The standard InChI is InChI=1S/C12H17N3O2/c1-9(16)11-8-10(2-3-12(11)13)14-15-4-6-17-7-5-15/h2-3,8,14H,4-7,13H2,1H3. The van der Waals surface area contributed by atoms with Crippen LogP contribution in [0.3, 0.4) is 0 Å². The van der Waals surface area contributed by atoms with Gasteiger partial charge < -0.3 is 15.9 Å². The summed E-state index contributed by atoms with van der Waals surface area (Å²) in [7, 11) is 0. The Bertz CT molecular complexity index is 414. The molecule has 0 radical (unpaired) electrons. The van der Waals surface area contributed by atoms with Crippen molar-refractivity contribution in [2.45, 2.75) is 6.92 Å². The lowest BCUT2D eigenvalue weighted by Gasteiger charge is -2.28. The molecule has 0 aromatic heterocycles. The monoisotopic (exact) mass is 235 g/mol. The first kappa shape index (κ1) is 11.9. The maximum absolute atomic E-state index is 11.4. The number of ketones is 1. The summed E-state index contributed by atoms with van der Waals surface area (Å²) in [6.45, 7) is 4.63. The first-order valence-electron chi connectivity index (χ1n) is 5.66. The van der Waals surface area contributed by atoms with Gasteiger partial charge in [0.2, 0.25) is 0 Å². The SMILES string of the molecule is CC(=O)c1cc(NN2CCOCC2)ccc1N. The summed E-state index contributed by atoms with van der Waals surface area (Å²) in [6.07, 6.45) is 0. The average molecular weight is 235 g/mol. The van der Waals surface area contributed by atoms with Crippen molar-refractivity contribution in [2.75, 3.05) is 37.5 Å². The maximum Gasteiger partial charge on any atom is 0.161 e. The topological polar surface area (TPSA) is 67.6 Å². The normalized spacial score (nSPS) is 16.8. The second kappa shape index (κ2) is 5.16. The number of nitrogens with two attached hydrogens (primary N) is 1. The number of benzene rings is 1. The molecule has 0 aliphatic carbocycles. The third-order valence-electron chi connectivity index (χ3n) is 2.73. The van der Waals surface area contributed by atoms with Gasteiger partial charge in [-0.2, -0.15) is 0 Å². The van der Waals surface area contributed by atoms with Crippen molar-refractivity contribution < 1.29 is 9.53 Å². The molecule has 1 saturated heterocycles. The fraction of sp³-hybridized carbons (Fsp3) is 0.417. The number of nitrogen functional groups attached to an aromatic ring is 1. The van der Waals surface area contributed by atoms with Crippen molar-refractivity contribution in [1.29, 1.82) is 0 Å². The number of nitrogens with one attached hydrogen (secondary N) is 1. The van der Waals surface area contributed by atoms with Crippen LogP contribution in [0.1, 0.15) is 17.3 Å². The van der Waals surface area contributed by atoms with E-state index in [1.165, 1.54) is 6.92 Å². The highest BCUT2D eigenvalue weighted by Gasteiger charge is 2.11. The molecule has 92 valence electrons. The van der Waals surface area contributed by atoms with Crippen LogP contribution in [0.15, 0.2) is 18.2 Å². The molecular weight excluding hydrogens is 218 g/mol. The summed E-state index contributed by atoms with van der Waals surface area (Å²) in [4.78, 5) is 11.4. The number of rotatable bonds is 3. The fourth-order valence-electron chi connectivity index (χ4n) is 1.79. The molecule has 0 spiro atoms. The summed E-state index contributed by atoms with van der Waals surface area (Å²) in [5, 5.41) is 2.07. The van der Waals surface area contributed by atoms with Gasteiger partial charge >= 0.3 is 0 Å². The predicted molar refractivity (Wildman–Crippen MR) is 66.9 cm³/mol. The Kier molecular flexibility index (Phi) is 3.61. The highest BCUT2D eigenvalue weighted by molar-refractivity contribution is 5.99. The summed E-state index contributed by atoms with van der Waals surface area (Å²) in [6, 6.07) is 5.41. The lowest BCUT2D eigenvalue weighted by Crippen LogP contribution is -2.40. The third-order valence-corrected chi connectivity index (χ3v) is 2.73. The van der Waals surface area contributed by atoms with Crippen LogP contribution in [0, 0.1) is 0 Å². The van der Waals surface area contributed by atoms with Gasteiger partial charge in [-0.25, -0.2) is 5.01 Å². The smallest absolute Gasteiger partial charge is 0.161 e. The largest absolute Gasteiger partial charge is 0.398 e. The molecule has 5 heteroatoms. The summed E-state index contributed by atoms with van der Waals surface area (Å²) >= 11 is 0. The Balaban J connectivity index is 2.10. The molecule has 5 nitrogen and oxygen atoms in total. The van der Waals surface area contributed by atoms with Crippen LogP contribution in [-0.4, -0.2) is 37.1 Å². The number of hydrazine groups is 1. The van der Waals surface area contributed by atoms with Gasteiger partial charge in [0.1, 0.15) is 0 Å². The Hall–Kier alpha value is -1.59. The van der Waals surface area contributed by atoms with Crippen molar-refractivity contribution >= 4 is 17.2 Å². The second-order valence-electron chi connectivity index (χ2n) is 4.07. The van der Waals surface area contributed by atoms with E-state index < -0.39 is 0 Å². The van der Waals surface area contributed by atoms with Crippen molar-refractivity contribution in [3.63, 3.8) is 0 Å². The number of ether oxygens (including phenoxy) is 1. The number of hydrogen-bond donors (Lipinski definition) is 2. The van der Waals surface area contributed by atoms with Gasteiger partial charge in [0.05, 0.1) is 13.2 Å². The molecule has 1 aromatic rings. The van der Waals surface area contributed by atoms with Crippen molar-refractivity contribution in [2.24, 2.45) is 0 Å². The number of nitrogens with zero attached hydrogens (tertiary/aromatic N) is 1. The zero-order valence-corrected chi connectivity index (χ0v) is 9.90. The number of anilines is 2. The summed E-state index contributed by atoms with van der Waals surface area (Å²) < 4.78 is 5.26. The lowest BCUT2D eigenvalue weighted by atomic mass is 10.1. The molecule has 1 heterocycles. The number of Topliss-reactive ketones (excluding diaryl/α,β-unsaturated/α-hetero) is 1. The minimum Gasteiger partial charge on any atom is -0.398 e. The Morgan fingerprint density at radius 3 is 2.76 bits per heavy atom. The molecule has 1 fully saturated rings. The summed E-state index contributed by atoms with van der Waals surface area (Å²) in [5.74, 6) is -0.0203. The number of hydrogen-bond acceptors (Lipinski definition) is 5. The molecule has 1 aliphatic rings. The van der Waals surface area contributed by atoms with Crippen molar-refractivity contribution in [3.05, 3.63) is 23.8 Å². The number of carbonyl (C=O) groups excluding carboxylic acids is 1. The van der Waals surface area contributed by atoms with Gasteiger partial charge in [0.25, 0.3) is 0 Å². The zero-order chi connectivity index (χ0) is 12.3. The first-order valence-corrected chi connectivity index (χ1v) is 5.66. The number of morpholine rings is 1. The van der Waals surface area contributed by atoms with Gasteiger partial charge in [-0.05, 0) is 25.1 Å². The van der Waals surface area contributed by atoms with Crippen LogP contribution in [0.25, 0.3) is 0 Å². The highest BCUT2D eigenvalue weighted by Crippen LogP contribution is 2.19. The van der Waals surface area contributed by atoms with E-state index in [1.54, 1.807) is 12.1 Å². The van der Waals surface area contributed by atoms with E-state index in [0.717, 1.165) is 32.0 Å². The molecule has 17 heavy (non-hydrogen) atoms. The zero-order valence-electron chi connectivity index (χ0n) is 9.90. The van der Waals surface area contributed by atoms with Gasteiger partial charge in [0, 0.05) is 30.0 Å². The van der Waals surface area contributed by atoms with Crippen LogP contribution in [0.5, 0.6) is 0 Å². The quantitative estimate of drug-likeness (QED) is 0.607. The van der Waals surface area contributed by atoms with Gasteiger partial charge in [0.15, 0.2) is 5.78 Å². The van der Waals surface area contributed by atoms with Crippen LogP contribution in [0.4, 0.5) is 11.4 Å². The van der Waals surface area contributed by atoms with Gasteiger partial charge in [-0.3, -0.25) is 4.79 Å². The van der Waals surface area contributed by atoms with E-state index in [9.17, 15) is 4.79 Å². The van der Waals surface area contributed by atoms with Gasteiger partial charge in [-0.15, -0.1) is 0 Å². The Morgan fingerprint density at radius 1 is 1.41 bits per heavy atom. The first-order chi connectivity index (χ1) is 8.16. The molecule has 3 N–H and O–H groups in total. The molecule has 0 unspecified atom stereocenters. The molecule has 1 aliphatic heterocycles. The molecule has 1 aromatic carbocycles. The van der Waals surface area contributed by atoms with Crippen LogP contribution in [-0.2, 0) is 4.74 Å². The fourth-order valence-corrected chi connectivity index (χ4v) is 1.79. The maximum atomic E-state index is 11.4. The van der Waals surface area contributed by atoms with E-state index >= 15 is 0 Å². The van der Waals surface area contributed by atoms with Gasteiger partial charge in [-0.1, -0.05) is 0 Å². The predicted octanol–water partition coefficient (Wildman–Crippen LogP) is 1.13. The Morgan fingerprint density at radius 2 is 2.12 bits per heavy atom. The minimum absolute atomic E-state index is 0.0203. The molecule has 0 atom stereocenters. The molecule has 2 rings (SSSR count). The highest BCUT2D eigenvalue weighted by atomic mass is 16.5. The molecule has 0 saturated carbocycles. The van der Waals surface area contributed by atoms with E-state index in [4.69, 9.17) is 10.5 Å². The van der Waals surface area contributed by atoms with Crippen LogP contribution < -0.4 is 11.2 Å². The van der Waals surface area contributed by atoms with Crippen molar-refractivity contribution in [1.82, 2.24) is 5.01 Å². The average Bonchev–Trinajstić information content (AvgIpc) is 2.32. The van der Waals surface area contributed by atoms with E-state index in [0.29, 0.717) is 11.3 Å². The van der Waals surface area contributed by atoms with E-state index in [-0.39, 0.29) is 5.78 Å². The van der Waals surface area contributed by atoms with E-state index in [1.807, 2.05) is 6.07 Å².